The Balaban J connectivity index is 2.23. The van der Waals surface area contributed by atoms with E-state index in [1.54, 1.807) is 6.92 Å². The number of fused-ring (bicyclic) bond motifs is 1. The van der Waals surface area contributed by atoms with Crippen molar-refractivity contribution in [1.82, 2.24) is 19.8 Å². The number of nitrogens with zero attached hydrogens (tertiary/aromatic N) is 4. The molecule has 0 unspecified atom stereocenters. The summed E-state index contributed by atoms with van der Waals surface area (Å²) in [4.78, 5) is 0.557. The van der Waals surface area contributed by atoms with Crippen LogP contribution in [0.25, 0.3) is 15.5 Å². The van der Waals surface area contributed by atoms with E-state index in [0.717, 1.165) is 6.07 Å². The molecule has 0 bridgehead atoms. The smallest absolute Gasteiger partial charge is 0.204 e. The lowest BCUT2D eigenvalue weighted by Gasteiger charge is -1.98. The average molecular weight is 252 g/mol. The number of benzene rings is 1. The molecule has 0 fully saturated rings. The van der Waals surface area contributed by atoms with Crippen LogP contribution >= 0.6 is 11.3 Å². The highest BCUT2D eigenvalue weighted by Gasteiger charge is 2.15. The molecule has 7 heteroatoms. The normalized spacial score (nSPS) is 11.2. The van der Waals surface area contributed by atoms with Gasteiger partial charge in [-0.15, -0.1) is 10.2 Å². The van der Waals surface area contributed by atoms with Crippen molar-refractivity contribution in [2.24, 2.45) is 0 Å². The Kier molecular flexibility index (Phi) is 2.15. The van der Waals surface area contributed by atoms with E-state index in [0.29, 0.717) is 15.8 Å². The highest BCUT2D eigenvalue weighted by molar-refractivity contribution is 7.19. The minimum atomic E-state index is -0.893. The third kappa shape index (κ3) is 1.50. The van der Waals surface area contributed by atoms with Gasteiger partial charge in [-0.2, -0.15) is 9.61 Å². The van der Waals surface area contributed by atoms with Crippen molar-refractivity contribution in [3.8, 4) is 10.6 Å². The molecular weight excluding hydrogens is 246 g/mol. The number of hydrogen-bond acceptors (Lipinski definition) is 4. The van der Waals surface area contributed by atoms with Crippen molar-refractivity contribution >= 4 is 16.3 Å². The van der Waals surface area contributed by atoms with Crippen LogP contribution in [0.2, 0.25) is 0 Å². The summed E-state index contributed by atoms with van der Waals surface area (Å²) >= 11 is 1.17. The van der Waals surface area contributed by atoms with Gasteiger partial charge in [0.25, 0.3) is 0 Å². The van der Waals surface area contributed by atoms with Crippen molar-refractivity contribution in [3.05, 3.63) is 35.7 Å². The molecule has 1 aromatic carbocycles. The molecule has 3 aromatic rings. The van der Waals surface area contributed by atoms with Gasteiger partial charge in [-0.25, -0.2) is 8.78 Å². The Labute approximate surface area is 98.5 Å². The maximum absolute atomic E-state index is 13.6. The Morgan fingerprint density at radius 3 is 2.82 bits per heavy atom. The Hall–Kier alpha value is -1.89. The minimum Gasteiger partial charge on any atom is -0.204 e. The second-order valence-corrected chi connectivity index (χ2v) is 4.41. The molecule has 0 aliphatic rings. The van der Waals surface area contributed by atoms with Crippen LogP contribution in [0, 0.1) is 18.6 Å². The lowest BCUT2D eigenvalue weighted by atomic mass is 10.2. The predicted molar refractivity (Wildman–Crippen MR) is 58.7 cm³/mol. The van der Waals surface area contributed by atoms with Gasteiger partial charge in [-0.3, -0.25) is 0 Å². The highest BCUT2D eigenvalue weighted by atomic mass is 32.1. The van der Waals surface area contributed by atoms with Crippen molar-refractivity contribution in [2.75, 3.05) is 0 Å². The lowest BCUT2D eigenvalue weighted by molar-refractivity contribution is 0.511. The third-order valence-electron chi connectivity index (χ3n) is 2.33. The lowest BCUT2D eigenvalue weighted by Crippen LogP contribution is -1.92. The second-order valence-electron chi connectivity index (χ2n) is 3.45. The van der Waals surface area contributed by atoms with E-state index in [1.807, 2.05) is 0 Å². The Morgan fingerprint density at radius 1 is 1.24 bits per heavy atom. The topological polar surface area (TPSA) is 43.1 Å². The molecule has 17 heavy (non-hydrogen) atoms. The van der Waals surface area contributed by atoms with E-state index < -0.39 is 11.6 Å². The molecule has 0 atom stereocenters. The summed E-state index contributed by atoms with van der Waals surface area (Å²) in [6.07, 6.45) is 0. The zero-order valence-corrected chi connectivity index (χ0v) is 9.50. The van der Waals surface area contributed by atoms with Crippen LogP contribution < -0.4 is 0 Å². The molecule has 3 rings (SSSR count). The molecule has 2 heterocycles. The molecule has 0 spiro atoms. The van der Waals surface area contributed by atoms with Crippen LogP contribution in [0.1, 0.15) is 5.82 Å². The maximum atomic E-state index is 13.6. The van der Waals surface area contributed by atoms with Gasteiger partial charge in [-0.1, -0.05) is 17.4 Å². The molecule has 2 aromatic heterocycles. The molecule has 0 aliphatic heterocycles. The van der Waals surface area contributed by atoms with E-state index in [9.17, 15) is 8.78 Å². The quantitative estimate of drug-likeness (QED) is 0.668. The molecule has 0 aliphatic carbocycles. The van der Waals surface area contributed by atoms with Crippen LogP contribution in [0.3, 0.4) is 0 Å². The van der Waals surface area contributed by atoms with Crippen LogP contribution in [0.5, 0.6) is 0 Å². The van der Waals surface area contributed by atoms with Gasteiger partial charge in [0.15, 0.2) is 22.5 Å². The maximum Gasteiger partial charge on any atom is 0.234 e. The van der Waals surface area contributed by atoms with Crippen LogP contribution in [0.4, 0.5) is 8.78 Å². The summed E-state index contributed by atoms with van der Waals surface area (Å²) in [6.45, 7) is 1.74. The number of rotatable bonds is 1. The number of aromatic nitrogens is 4. The van der Waals surface area contributed by atoms with E-state index in [2.05, 4.69) is 15.3 Å². The number of hydrogen-bond donors (Lipinski definition) is 0. The van der Waals surface area contributed by atoms with E-state index in [-0.39, 0.29) is 5.56 Å². The zero-order valence-electron chi connectivity index (χ0n) is 8.69. The van der Waals surface area contributed by atoms with Gasteiger partial charge in [0, 0.05) is 0 Å². The summed E-state index contributed by atoms with van der Waals surface area (Å²) < 4.78 is 28.2. The summed E-state index contributed by atoms with van der Waals surface area (Å²) in [5.41, 5.74) is 0.139. The Bertz CT molecular complexity index is 703. The second kappa shape index (κ2) is 3.56. The minimum absolute atomic E-state index is 0.139. The van der Waals surface area contributed by atoms with Gasteiger partial charge in [0.1, 0.15) is 0 Å². The van der Waals surface area contributed by atoms with Crippen molar-refractivity contribution < 1.29 is 8.78 Å². The first-order valence-electron chi connectivity index (χ1n) is 4.80. The first-order valence-corrected chi connectivity index (χ1v) is 5.61. The van der Waals surface area contributed by atoms with Crippen molar-refractivity contribution in [3.63, 3.8) is 0 Å². The fraction of sp³-hybridized carbons (Fsp3) is 0.100. The summed E-state index contributed by atoms with van der Waals surface area (Å²) in [5.74, 6) is -1.17. The number of aryl methyl sites for hydroxylation is 1. The van der Waals surface area contributed by atoms with Crippen LogP contribution in [-0.4, -0.2) is 19.8 Å². The average Bonchev–Trinajstić information content (AvgIpc) is 2.85. The largest absolute Gasteiger partial charge is 0.234 e. The Morgan fingerprint density at radius 2 is 2.06 bits per heavy atom. The first-order chi connectivity index (χ1) is 8.16. The SMILES string of the molecule is Cc1nnc2sc(-c3cccc(F)c3F)nn12. The van der Waals surface area contributed by atoms with Gasteiger partial charge in [0.2, 0.25) is 4.96 Å². The van der Waals surface area contributed by atoms with Gasteiger partial charge < -0.3 is 0 Å². The van der Waals surface area contributed by atoms with Crippen LogP contribution in [0.15, 0.2) is 18.2 Å². The molecule has 4 nitrogen and oxygen atoms in total. The van der Waals surface area contributed by atoms with Crippen molar-refractivity contribution in [2.45, 2.75) is 6.92 Å². The first kappa shape index (κ1) is 10.3. The molecular formula is C10H6F2N4S. The van der Waals surface area contributed by atoms with E-state index in [4.69, 9.17) is 0 Å². The standard InChI is InChI=1S/C10H6F2N4S/c1-5-13-14-10-16(5)15-9(17-10)6-3-2-4-7(11)8(6)12/h2-4H,1H3. The molecule has 0 saturated heterocycles. The van der Waals surface area contributed by atoms with E-state index in [1.165, 1.54) is 28.0 Å². The third-order valence-corrected chi connectivity index (χ3v) is 3.26. The monoisotopic (exact) mass is 252 g/mol. The molecule has 0 saturated carbocycles. The van der Waals surface area contributed by atoms with Gasteiger partial charge in [-0.05, 0) is 19.1 Å². The fourth-order valence-corrected chi connectivity index (χ4v) is 2.40. The zero-order chi connectivity index (χ0) is 12.0. The van der Waals surface area contributed by atoms with Crippen LogP contribution in [-0.2, 0) is 0 Å². The van der Waals surface area contributed by atoms with Gasteiger partial charge >= 0.3 is 0 Å². The molecule has 0 N–H and O–H groups in total. The summed E-state index contributed by atoms with van der Waals surface area (Å²) in [5, 5.41) is 12.2. The molecule has 0 amide bonds. The van der Waals surface area contributed by atoms with Gasteiger partial charge in [0.05, 0.1) is 5.56 Å². The summed E-state index contributed by atoms with van der Waals surface area (Å²) in [7, 11) is 0. The molecule has 0 radical (unpaired) electrons. The van der Waals surface area contributed by atoms with E-state index >= 15 is 0 Å². The summed E-state index contributed by atoms with van der Waals surface area (Å²) in [6, 6.07) is 4.01. The molecule has 86 valence electrons. The van der Waals surface area contributed by atoms with Crippen molar-refractivity contribution in [1.29, 1.82) is 0 Å². The predicted octanol–water partition coefficient (Wildman–Crippen LogP) is 2.44. The fourth-order valence-electron chi connectivity index (χ4n) is 1.49. The number of halogens is 2. The highest BCUT2D eigenvalue weighted by Crippen LogP contribution is 2.28.